The summed E-state index contributed by atoms with van der Waals surface area (Å²) in [6, 6.07) is 10.0. The first-order chi connectivity index (χ1) is 8.74. The summed E-state index contributed by atoms with van der Waals surface area (Å²) in [4.78, 5) is 12.0. The van der Waals surface area contributed by atoms with Crippen LogP contribution in [0.4, 0.5) is 0 Å². The van der Waals surface area contributed by atoms with Crippen molar-refractivity contribution in [2.24, 2.45) is 0 Å². The molecule has 1 N–H and O–H groups in total. The van der Waals surface area contributed by atoms with Crippen LogP contribution in [0.3, 0.4) is 0 Å². The molecule has 0 atom stereocenters. The molecule has 3 nitrogen and oxygen atoms in total. The van der Waals surface area contributed by atoms with Gasteiger partial charge >= 0.3 is 0 Å². The highest BCUT2D eigenvalue weighted by molar-refractivity contribution is 5.84. The van der Waals surface area contributed by atoms with Crippen molar-refractivity contribution in [3.05, 3.63) is 54.9 Å². The van der Waals surface area contributed by atoms with Crippen molar-refractivity contribution in [3.8, 4) is 11.4 Å². The topological polar surface area (TPSA) is 41.6 Å². The predicted molar refractivity (Wildman–Crippen MR) is 74.0 cm³/mol. The van der Waals surface area contributed by atoms with Crippen molar-refractivity contribution < 1.29 is 0 Å². The van der Waals surface area contributed by atoms with E-state index in [0.717, 1.165) is 33.6 Å². The van der Waals surface area contributed by atoms with Gasteiger partial charge in [-0.2, -0.15) is 0 Å². The molecule has 0 aromatic carbocycles. The van der Waals surface area contributed by atoms with E-state index in [-0.39, 0.29) is 0 Å². The lowest BCUT2D eigenvalue weighted by Gasteiger charge is -1.97. The van der Waals surface area contributed by atoms with E-state index < -0.39 is 0 Å². The number of aromatic amines is 1. The number of fused-ring (bicyclic) bond motifs is 1. The molecule has 0 saturated carbocycles. The maximum Gasteiger partial charge on any atom is 0.137 e. The highest BCUT2D eigenvalue weighted by Crippen LogP contribution is 2.23. The fraction of sp³-hybridized carbons (Fsp3) is 0.0667. The minimum Gasteiger partial charge on any atom is -0.338 e. The first-order valence-corrected chi connectivity index (χ1v) is 5.80. The van der Waals surface area contributed by atoms with E-state index in [9.17, 15) is 0 Å². The maximum absolute atomic E-state index is 4.40. The van der Waals surface area contributed by atoms with Crippen LogP contribution in [-0.4, -0.2) is 15.0 Å². The van der Waals surface area contributed by atoms with Crippen LogP contribution in [0.25, 0.3) is 28.0 Å². The minimum atomic E-state index is 0.876. The Kier molecular flexibility index (Phi) is 2.45. The lowest BCUT2D eigenvalue weighted by atomic mass is 10.1. The van der Waals surface area contributed by atoms with Gasteiger partial charge in [0.25, 0.3) is 0 Å². The third kappa shape index (κ3) is 1.80. The van der Waals surface area contributed by atoms with Crippen LogP contribution in [0.2, 0.25) is 0 Å². The van der Waals surface area contributed by atoms with Gasteiger partial charge in [-0.1, -0.05) is 12.6 Å². The smallest absolute Gasteiger partial charge is 0.137 e. The molecule has 0 spiro atoms. The summed E-state index contributed by atoms with van der Waals surface area (Å²) in [6.07, 6.45) is 3.62. The van der Waals surface area contributed by atoms with Crippen LogP contribution < -0.4 is 0 Å². The molecule has 0 aliphatic heterocycles. The molecule has 0 saturated heterocycles. The van der Waals surface area contributed by atoms with E-state index in [2.05, 4.69) is 33.7 Å². The van der Waals surface area contributed by atoms with Gasteiger partial charge in [0.2, 0.25) is 0 Å². The van der Waals surface area contributed by atoms with Crippen molar-refractivity contribution in [2.75, 3.05) is 0 Å². The van der Waals surface area contributed by atoms with Crippen LogP contribution in [0.5, 0.6) is 0 Å². The van der Waals surface area contributed by atoms with Crippen molar-refractivity contribution in [1.82, 2.24) is 15.0 Å². The van der Waals surface area contributed by atoms with Crippen LogP contribution >= 0.6 is 0 Å². The summed E-state index contributed by atoms with van der Waals surface area (Å²) in [5.74, 6) is 0. The van der Waals surface area contributed by atoms with Crippen LogP contribution in [0, 0.1) is 0 Å². The lowest BCUT2D eigenvalue weighted by molar-refractivity contribution is 1.27. The fourth-order valence-corrected chi connectivity index (χ4v) is 1.91. The summed E-state index contributed by atoms with van der Waals surface area (Å²) < 4.78 is 0. The minimum absolute atomic E-state index is 0.876. The van der Waals surface area contributed by atoms with Crippen molar-refractivity contribution >= 4 is 16.6 Å². The number of aromatic nitrogens is 3. The molecule has 0 unspecified atom stereocenters. The van der Waals surface area contributed by atoms with Gasteiger partial charge in [0.1, 0.15) is 5.65 Å². The Morgan fingerprint density at radius 3 is 2.83 bits per heavy atom. The zero-order valence-electron chi connectivity index (χ0n) is 10.1. The fourth-order valence-electron chi connectivity index (χ4n) is 1.91. The van der Waals surface area contributed by atoms with Crippen molar-refractivity contribution in [2.45, 2.75) is 6.92 Å². The normalized spacial score (nSPS) is 10.7. The number of hydrogen-bond donors (Lipinski definition) is 1. The first-order valence-electron chi connectivity index (χ1n) is 5.80. The van der Waals surface area contributed by atoms with Gasteiger partial charge in [0, 0.05) is 17.8 Å². The summed E-state index contributed by atoms with van der Waals surface area (Å²) >= 11 is 0. The molecule has 18 heavy (non-hydrogen) atoms. The van der Waals surface area contributed by atoms with Gasteiger partial charge < -0.3 is 4.98 Å². The molecule has 0 amide bonds. The molecular formula is C15H13N3. The average Bonchev–Trinajstić information content (AvgIpc) is 2.82. The highest BCUT2D eigenvalue weighted by Gasteiger charge is 2.05. The summed E-state index contributed by atoms with van der Waals surface area (Å²) in [6.45, 7) is 5.92. The Labute approximate surface area is 105 Å². The zero-order valence-corrected chi connectivity index (χ0v) is 10.1. The third-order valence-corrected chi connectivity index (χ3v) is 2.90. The number of H-pyrrole nitrogens is 1. The Bertz CT molecular complexity index is 711. The molecule has 3 rings (SSSR count). The number of allylic oxidation sites excluding steroid dienone is 1. The average molecular weight is 235 g/mol. The van der Waals surface area contributed by atoms with Gasteiger partial charge in [-0.15, -0.1) is 0 Å². The van der Waals surface area contributed by atoms with E-state index in [1.54, 1.807) is 6.20 Å². The van der Waals surface area contributed by atoms with Crippen molar-refractivity contribution in [1.29, 1.82) is 0 Å². The predicted octanol–water partition coefficient (Wildman–Crippen LogP) is 3.66. The second kappa shape index (κ2) is 4.11. The SMILES string of the molecule is C=C(C)c1cnc2[nH]c(-c3ccccn3)cc2c1. The standard InChI is InChI=1S/C15H13N3/c1-10(2)12-7-11-8-14(18-15(11)17-9-12)13-5-3-4-6-16-13/h3-9H,1H2,2H3,(H,17,18). The van der Waals surface area contributed by atoms with E-state index >= 15 is 0 Å². The number of hydrogen-bond acceptors (Lipinski definition) is 2. The molecule has 0 radical (unpaired) electrons. The van der Waals surface area contributed by atoms with Gasteiger partial charge in [-0.25, -0.2) is 4.98 Å². The van der Waals surface area contributed by atoms with Crippen molar-refractivity contribution in [3.63, 3.8) is 0 Å². The van der Waals surface area contributed by atoms with Gasteiger partial charge in [-0.05, 0) is 42.3 Å². The molecule has 0 aliphatic rings. The maximum atomic E-state index is 4.40. The third-order valence-electron chi connectivity index (χ3n) is 2.90. The Morgan fingerprint density at radius 2 is 2.11 bits per heavy atom. The Morgan fingerprint density at radius 1 is 1.22 bits per heavy atom. The van der Waals surface area contributed by atoms with Gasteiger partial charge in [0.15, 0.2) is 0 Å². The van der Waals surface area contributed by atoms with E-state index in [4.69, 9.17) is 0 Å². The molecule has 3 aromatic rings. The van der Waals surface area contributed by atoms with Gasteiger partial charge in [-0.3, -0.25) is 4.98 Å². The Hall–Kier alpha value is -2.42. The molecular weight excluding hydrogens is 222 g/mol. The second-order valence-electron chi connectivity index (χ2n) is 4.34. The molecule has 3 aromatic heterocycles. The number of rotatable bonds is 2. The van der Waals surface area contributed by atoms with E-state index in [1.807, 2.05) is 31.3 Å². The second-order valence-corrected chi connectivity index (χ2v) is 4.34. The number of nitrogens with one attached hydrogen (secondary N) is 1. The summed E-state index contributed by atoms with van der Waals surface area (Å²) in [5.41, 5.74) is 4.86. The first kappa shape index (κ1) is 10.7. The number of nitrogens with zero attached hydrogens (tertiary/aromatic N) is 2. The van der Waals surface area contributed by atoms with Gasteiger partial charge in [0.05, 0.1) is 11.4 Å². The molecule has 88 valence electrons. The molecule has 3 heterocycles. The van der Waals surface area contributed by atoms with E-state index in [0.29, 0.717) is 0 Å². The van der Waals surface area contributed by atoms with Crippen LogP contribution in [0.15, 0.2) is 49.3 Å². The Balaban J connectivity index is 2.14. The highest BCUT2D eigenvalue weighted by atomic mass is 14.9. The van der Waals surface area contributed by atoms with E-state index in [1.165, 1.54) is 0 Å². The summed E-state index contributed by atoms with van der Waals surface area (Å²) in [7, 11) is 0. The monoisotopic (exact) mass is 235 g/mol. The summed E-state index contributed by atoms with van der Waals surface area (Å²) in [5, 5.41) is 1.08. The largest absolute Gasteiger partial charge is 0.338 e. The zero-order chi connectivity index (χ0) is 12.5. The molecule has 0 aliphatic carbocycles. The lowest BCUT2D eigenvalue weighted by Crippen LogP contribution is -1.82. The molecule has 0 bridgehead atoms. The number of pyridine rings is 2. The van der Waals surface area contributed by atoms with Crippen LogP contribution in [0.1, 0.15) is 12.5 Å². The molecule has 0 fully saturated rings. The van der Waals surface area contributed by atoms with Crippen LogP contribution in [-0.2, 0) is 0 Å². The quantitative estimate of drug-likeness (QED) is 0.736. The molecule has 3 heteroatoms.